The minimum atomic E-state index is -0.442. The Morgan fingerprint density at radius 2 is 1.43 bits per heavy atom. The molecule has 0 unspecified atom stereocenters. The van der Waals surface area contributed by atoms with Crippen LogP contribution < -0.4 is 5.32 Å². The fourth-order valence-corrected chi connectivity index (χ4v) is 4.68. The molecule has 0 aliphatic rings. The molecule has 0 saturated carbocycles. The first-order chi connectivity index (χ1) is 18.2. The van der Waals surface area contributed by atoms with E-state index in [9.17, 15) is 4.79 Å². The second-order valence-electron chi connectivity index (χ2n) is 9.55. The lowest BCUT2D eigenvalue weighted by Gasteiger charge is -2.34. The molecule has 3 aromatic carbocycles. The van der Waals surface area contributed by atoms with Crippen molar-refractivity contribution in [3.05, 3.63) is 125 Å². The van der Waals surface area contributed by atoms with E-state index in [-0.39, 0.29) is 6.61 Å². The van der Waals surface area contributed by atoms with Crippen LogP contribution in [0.1, 0.15) is 75.5 Å². The fourth-order valence-electron chi connectivity index (χ4n) is 4.68. The SMILES string of the molecule is CCCCCCC(=C=CCC(CNC(=O)OCc1ccccc1)(c1ccccc1)c1ccccc1)CC. The van der Waals surface area contributed by atoms with Crippen molar-refractivity contribution in [1.29, 1.82) is 0 Å². The zero-order chi connectivity index (χ0) is 26.2. The van der Waals surface area contributed by atoms with Crippen molar-refractivity contribution < 1.29 is 9.53 Å². The molecule has 0 bridgehead atoms. The normalized spacial score (nSPS) is 10.9. The second kappa shape index (κ2) is 15.5. The van der Waals surface area contributed by atoms with E-state index < -0.39 is 11.5 Å². The Bertz CT molecular complexity index is 1080. The van der Waals surface area contributed by atoms with Gasteiger partial charge >= 0.3 is 6.09 Å². The fraction of sp³-hybridized carbons (Fsp3) is 0.353. The molecular formula is C34H41NO2. The summed E-state index contributed by atoms with van der Waals surface area (Å²) >= 11 is 0. The zero-order valence-corrected chi connectivity index (χ0v) is 22.4. The lowest BCUT2D eigenvalue weighted by Crippen LogP contribution is -2.41. The van der Waals surface area contributed by atoms with Gasteiger partial charge in [-0.25, -0.2) is 4.79 Å². The Morgan fingerprint density at radius 3 is 2.00 bits per heavy atom. The first-order valence-electron chi connectivity index (χ1n) is 13.7. The van der Waals surface area contributed by atoms with E-state index in [4.69, 9.17) is 4.74 Å². The number of allylic oxidation sites excluding steroid dienone is 1. The maximum atomic E-state index is 12.8. The number of unbranched alkanes of at least 4 members (excludes halogenated alkanes) is 3. The van der Waals surface area contributed by atoms with Crippen molar-refractivity contribution in [3.63, 3.8) is 0 Å². The van der Waals surface area contributed by atoms with E-state index in [0.717, 1.165) is 36.0 Å². The van der Waals surface area contributed by atoms with Gasteiger partial charge in [-0.05, 0) is 54.0 Å². The monoisotopic (exact) mass is 495 g/mol. The van der Waals surface area contributed by atoms with Crippen LogP contribution in [0, 0.1) is 0 Å². The Hall–Kier alpha value is -3.55. The van der Waals surface area contributed by atoms with E-state index in [1.807, 2.05) is 42.5 Å². The standard InChI is InChI=1S/C34H41NO2/c1-3-5-6-10-18-29(4-2)21-17-26-34(31-22-13-8-14-23-31,32-24-15-9-16-25-32)28-35-33(36)37-27-30-19-11-7-12-20-30/h7-9,11-17,19-20,22-25H,3-6,10,18,26-28H2,1-2H3,(H,35,36). The topological polar surface area (TPSA) is 38.3 Å². The van der Waals surface area contributed by atoms with Gasteiger partial charge in [-0.15, -0.1) is 5.73 Å². The predicted molar refractivity (Wildman–Crippen MR) is 154 cm³/mol. The number of benzene rings is 3. The van der Waals surface area contributed by atoms with Gasteiger partial charge in [-0.1, -0.05) is 124 Å². The van der Waals surface area contributed by atoms with Crippen LogP contribution in [0.2, 0.25) is 0 Å². The Kier molecular flexibility index (Phi) is 11.8. The third kappa shape index (κ3) is 8.81. The average Bonchev–Trinajstić information content (AvgIpc) is 2.96. The summed E-state index contributed by atoms with van der Waals surface area (Å²) in [4.78, 5) is 12.8. The Balaban J connectivity index is 1.85. The van der Waals surface area contributed by atoms with E-state index in [0.29, 0.717) is 6.54 Å². The van der Waals surface area contributed by atoms with Gasteiger partial charge in [0, 0.05) is 12.0 Å². The van der Waals surface area contributed by atoms with Gasteiger partial charge in [0.15, 0.2) is 0 Å². The first-order valence-corrected chi connectivity index (χ1v) is 13.7. The van der Waals surface area contributed by atoms with Crippen LogP contribution in [-0.2, 0) is 16.8 Å². The number of alkyl carbamates (subject to hydrolysis) is 1. The summed E-state index contributed by atoms with van der Waals surface area (Å²) in [6, 6.07) is 30.6. The summed E-state index contributed by atoms with van der Waals surface area (Å²) < 4.78 is 5.54. The minimum absolute atomic E-state index is 0.247. The molecule has 0 fully saturated rings. The van der Waals surface area contributed by atoms with Gasteiger partial charge in [0.1, 0.15) is 6.61 Å². The molecule has 37 heavy (non-hydrogen) atoms. The third-order valence-electron chi connectivity index (χ3n) is 6.92. The molecule has 3 heteroatoms. The Labute approximate surface area is 223 Å². The largest absolute Gasteiger partial charge is 0.445 e. The molecule has 3 rings (SSSR count). The maximum Gasteiger partial charge on any atom is 0.407 e. The quantitative estimate of drug-likeness (QED) is 0.179. The van der Waals surface area contributed by atoms with E-state index in [2.05, 4.69) is 79.5 Å². The van der Waals surface area contributed by atoms with E-state index in [1.165, 1.54) is 31.3 Å². The number of carbonyl (C=O) groups excluding carboxylic acids is 1. The molecule has 0 aliphatic carbocycles. The molecule has 3 nitrogen and oxygen atoms in total. The van der Waals surface area contributed by atoms with Crippen molar-refractivity contribution in [2.24, 2.45) is 0 Å². The van der Waals surface area contributed by atoms with Gasteiger partial charge in [0.05, 0.1) is 0 Å². The highest BCUT2D eigenvalue weighted by Gasteiger charge is 2.34. The van der Waals surface area contributed by atoms with Crippen LogP contribution in [0.4, 0.5) is 4.79 Å². The van der Waals surface area contributed by atoms with Crippen molar-refractivity contribution in [2.75, 3.05) is 6.54 Å². The molecule has 0 radical (unpaired) electrons. The van der Waals surface area contributed by atoms with Crippen LogP contribution in [-0.4, -0.2) is 12.6 Å². The van der Waals surface area contributed by atoms with E-state index >= 15 is 0 Å². The highest BCUT2D eigenvalue weighted by atomic mass is 16.5. The van der Waals surface area contributed by atoms with Gasteiger partial charge in [0.25, 0.3) is 0 Å². The van der Waals surface area contributed by atoms with Gasteiger partial charge in [0.2, 0.25) is 0 Å². The molecule has 1 amide bonds. The van der Waals surface area contributed by atoms with Crippen molar-refractivity contribution in [3.8, 4) is 0 Å². The summed E-state index contributed by atoms with van der Waals surface area (Å²) in [6.45, 7) is 5.12. The molecule has 3 aromatic rings. The molecule has 0 atom stereocenters. The zero-order valence-electron chi connectivity index (χ0n) is 22.4. The van der Waals surface area contributed by atoms with Crippen LogP contribution in [0.5, 0.6) is 0 Å². The molecule has 0 saturated heterocycles. The van der Waals surface area contributed by atoms with Crippen LogP contribution in [0.15, 0.2) is 108 Å². The smallest absolute Gasteiger partial charge is 0.407 e. The summed E-state index contributed by atoms with van der Waals surface area (Å²) in [5.74, 6) is 0. The summed E-state index contributed by atoms with van der Waals surface area (Å²) in [5, 5.41) is 3.08. The molecule has 0 aromatic heterocycles. The molecule has 194 valence electrons. The number of carbonyl (C=O) groups is 1. The Morgan fingerprint density at radius 1 is 0.838 bits per heavy atom. The first kappa shape index (κ1) is 28.0. The summed E-state index contributed by atoms with van der Waals surface area (Å²) in [6.07, 6.45) is 9.62. The van der Waals surface area contributed by atoms with Crippen LogP contribution in [0.25, 0.3) is 0 Å². The molecule has 0 spiro atoms. The van der Waals surface area contributed by atoms with E-state index in [1.54, 1.807) is 0 Å². The van der Waals surface area contributed by atoms with Gasteiger partial charge < -0.3 is 10.1 Å². The number of hydrogen-bond donors (Lipinski definition) is 1. The highest BCUT2D eigenvalue weighted by Crippen LogP contribution is 2.36. The van der Waals surface area contributed by atoms with Crippen LogP contribution in [0.3, 0.4) is 0 Å². The van der Waals surface area contributed by atoms with Crippen molar-refractivity contribution in [2.45, 2.75) is 70.8 Å². The number of rotatable bonds is 14. The molecule has 0 heterocycles. The van der Waals surface area contributed by atoms with Gasteiger partial charge in [-0.2, -0.15) is 0 Å². The van der Waals surface area contributed by atoms with Crippen LogP contribution >= 0.6 is 0 Å². The van der Waals surface area contributed by atoms with Crippen molar-refractivity contribution in [1.82, 2.24) is 5.32 Å². The lowest BCUT2D eigenvalue weighted by atomic mass is 9.72. The highest BCUT2D eigenvalue weighted by molar-refractivity contribution is 5.67. The average molecular weight is 496 g/mol. The third-order valence-corrected chi connectivity index (χ3v) is 6.92. The lowest BCUT2D eigenvalue weighted by molar-refractivity contribution is 0.137. The predicted octanol–water partition coefficient (Wildman–Crippen LogP) is 8.75. The molecular weight excluding hydrogens is 454 g/mol. The maximum absolute atomic E-state index is 12.8. The number of nitrogens with one attached hydrogen (secondary N) is 1. The summed E-state index contributed by atoms with van der Waals surface area (Å²) in [7, 11) is 0. The number of ether oxygens (including phenoxy) is 1. The molecule has 1 N–H and O–H groups in total. The molecule has 0 aliphatic heterocycles. The van der Waals surface area contributed by atoms with Gasteiger partial charge in [-0.3, -0.25) is 0 Å². The minimum Gasteiger partial charge on any atom is -0.445 e. The number of amides is 1. The van der Waals surface area contributed by atoms with Crippen molar-refractivity contribution >= 4 is 6.09 Å². The summed E-state index contributed by atoms with van der Waals surface area (Å²) in [5.41, 5.74) is 7.82. The second-order valence-corrected chi connectivity index (χ2v) is 9.55. The number of hydrogen-bond acceptors (Lipinski definition) is 2.